The number of carbonyl (C=O) groups is 1. The molecule has 88 valence electrons. The highest BCUT2D eigenvalue weighted by atomic mass is 16.5. The monoisotopic (exact) mass is 213 g/mol. The van der Waals surface area contributed by atoms with Crippen LogP contribution < -0.4 is 0 Å². The van der Waals surface area contributed by atoms with Crippen LogP contribution in [0.15, 0.2) is 12.7 Å². The van der Waals surface area contributed by atoms with Gasteiger partial charge in [0.25, 0.3) is 0 Å². The molecule has 0 N–H and O–H groups in total. The van der Waals surface area contributed by atoms with Gasteiger partial charge in [-0.25, -0.2) is 4.79 Å². The smallest absolute Gasteiger partial charge is 0.330 e. The summed E-state index contributed by atoms with van der Waals surface area (Å²) in [6, 6.07) is 0. The highest BCUT2D eigenvalue weighted by Gasteiger charge is 1.95. The van der Waals surface area contributed by atoms with Crippen molar-refractivity contribution in [1.82, 2.24) is 4.90 Å². The van der Waals surface area contributed by atoms with Gasteiger partial charge in [0.05, 0.1) is 6.61 Å². The molecule has 0 atom stereocenters. The summed E-state index contributed by atoms with van der Waals surface area (Å²) in [4.78, 5) is 12.9. The maximum Gasteiger partial charge on any atom is 0.330 e. The third kappa shape index (κ3) is 11.1. The lowest BCUT2D eigenvalue weighted by atomic mass is 10.1. The van der Waals surface area contributed by atoms with Crippen LogP contribution in [0.3, 0.4) is 0 Å². The SMILES string of the molecule is C=CC(=O)OCCCCCCCN(C)C. The number of ether oxygens (including phenoxy) is 1. The first-order valence-corrected chi connectivity index (χ1v) is 5.60. The van der Waals surface area contributed by atoms with Crippen molar-refractivity contribution in [2.75, 3.05) is 27.2 Å². The van der Waals surface area contributed by atoms with Gasteiger partial charge in [-0.15, -0.1) is 0 Å². The number of hydrogen-bond donors (Lipinski definition) is 0. The van der Waals surface area contributed by atoms with Crippen molar-refractivity contribution in [3.63, 3.8) is 0 Å². The Morgan fingerprint density at radius 2 is 1.80 bits per heavy atom. The predicted molar refractivity (Wildman–Crippen MR) is 62.8 cm³/mol. The Labute approximate surface area is 93.1 Å². The highest BCUT2D eigenvalue weighted by Crippen LogP contribution is 2.03. The van der Waals surface area contributed by atoms with Gasteiger partial charge in [0.1, 0.15) is 0 Å². The molecule has 0 spiro atoms. The molecule has 0 aromatic rings. The molecule has 0 amide bonds. The molecule has 0 aliphatic rings. The zero-order chi connectivity index (χ0) is 11.5. The van der Waals surface area contributed by atoms with Gasteiger partial charge in [-0.3, -0.25) is 0 Å². The largest absolute Gasteiger partial charge is 0.463 e. The minimum atomic E-state index is -0.317. The van der Waals surface area contributed by atoms with Crippen molar-refractivity contribution in [1.29, 1.82) is 0 Å². The first-order chi connectivity index (χ1) is 7.16. The third-order valence-electron chi connectivity index (χ3n) is 2.16. The quantitative estimate of drug-likeness (QED) is 0.334. The Bertz CT molecular complexity index is 178. The van der Waals surface area contributed by atoms with E-state index in [0.717, 1.165) is 19.4 Å². The standard InChI is InChI=1S/C12H23NO2/c1-4-12(14)15-11-9-7-5-6-8-10-13(2)3/h4H,1,5-11H2,2-3H3. The maximum atomic E-state index is 10.7. The Morgan fingerprint density at radius 3 is 2.40 bits per heavy atom. The molecule has 0 heterocycles. The minimum absolute atomic E-state index is 0.317. The van der Waals surface area contributed by atoms with Crippen molar-refractivity contribution >= 4 is 5.97 Å². The average Bonchev–Trinajstić information content (AvgIpc) is 2.21. The topological polar surface area (TPSA) is 29.5 Å². The van der Waals surface area contributed by atoms with Crippen LogP contribution in [-0.2, 0) is 9.53 Å². The van der Waals surface area contributed by atoms with E-state index >= 15 is 0 Å². The van der Waals surface area contributed by atoms with E-state index in [9.17, 15) is 4.79 Å². The predicted octanol–water partition coefficient (Wildman–Crippen LogP) is 2.23. The summed E-state index contributed by atoms with van der Waals surface area (Å²) in [5.41, 5.74) is 0. The fraction of sp³-hybridized carbons (Fsp3) is 0.750. The lowest BCUT2D eigenvalue weighted by Gasteiger charge is -2.08. The Balaban J connectivity index is 3.05. The van der Waals surface area contributed by atoms with E-state index in [4.69, 9.17) is 4.74 Å². The summed E-state index contributed by atoms with van der Waals surface area (Å²) in [5.74, 6) is -0.317. The van der Waals surface area contributed by atoms with Crippen molar-refractivity contribution < 1.29 is 9.53 Å². The van der Waals surface area contributed by atoms with Crippen LogP contribution in [0, 0.1) is 0 Å². The number of carbonyl (C=O) groups excluding carboxylic acids is 1. The number of rotatable bonds is 9. The lowest BCUT2D eigenvalue weighted by molar-refractivity contribution is -0.137. The Hall–Kier alpha value is -0.830. The lowest BCUT2D eigenvalue weighted by Crippen LogP contribution is -2.12. The van der Waals surface area contributed by atoms with Crippen LogP contribution in [0.1, 0.15) is 32.1 Å². The molecule has 0 aliphatic heterocycles. The van der Waals surface area contributed by atoms with Gasteiger partial charge in [0, 0.05) is 6.08 Å². The number of hydrogen-bond acceptors (Lipinski definition) is 3. The van der Waals surface area contributed by atoms with Gasteiger partial charge in [0.2, 0.25) is 0 Å². The molecule has 0 aromatic carbocycles. The fourth-order valence-electron chi connectivity index (χ4n) is 1.29. The second kappa shape index (κ2) is 9.71. The summed E-state index contributed by atoms with van der Waals surface area (Å²) >= 11 is 0. The number of nitrogens with zero attached hydrogens (tertiary/aromatic N) is 1. The van der Waals surface area contributed by atoms with Gasteiger partial charge in [0.15, 0.2) is 0 Å². The minimum Gasteiger partial charge on any atom is -0.463 e. The molecule has 0 aliphatic carbocycles. The van der Waals surface area contributed by atoms with Crippen molar-refractivity contribution in [3.05, 3.63) is 12.7 Å². The zero-order valence-electron chi connectivity index (χ0n) is 10.00. The molecule has 3 nitrogen and oxygen atoms in total. The zero-order valence-corrected chi connectivity index (χ0v) is 10.00. The molecule has 0 unspecified atom stereocenters. The summed E-state index contributed by atoms with van der Waals surface area (Å²) in [6.45, 7) is 5.02. The van der Waals surface area contributed by atoms with Gasteiger partial charge >= 0.3 is 5.97 Å². The van der Waals surface area contributed by atoms with Gasteiger partial charge in [-0.05, 0) is 33.5 Å². The highest BCUT2D eigenvalue weighted by molar-refractivity contribution is 5.81. The van der Waals surface area contributed by atoms with Crippen molar-refractivity contribution in [2.45, 2.75) is 32.1 Å². The van der Waals surface area contributed by atoms with E-state index in [1.807, 2.05) is 0 Å². The molecule has 0 rings (SSSR count). The molecule has 0 saturated carbocycles. The van der Waals surface area contributed by atoms with Gasteiger partial charge in [-0.2, -0.15) is 0 Å². The summed E-state index contributed by atoms with van der Waals surface area (Å²) in [5, 5.41) is 0. The van der Waals surface area contributed by atoms with E-state index < -0.39 is 0 Å². The summed E-state index contributed by atoms with van der Waals surface area (Å²) < 4.78 is 4.87. The third-order valence-corrected chi connectivity index (χ3v) is 2.16. The van der Waals surface area contributed by atoms with Crippen molar-refractivity contribution in [2.24, 2.45) is 0 Å². The van der Waals surface area contributed by atoms with Gasteiger partial charge < -0.3 is 9.64 Å². The molecule has 3 heteroatoms. The van der Waals surface area contributed by atoms with E-state index in [1.165, 1.54) is 25.3 Å². The maximum absolute atomic E-state index is 10.7. The summed E-state index contributed by atoms with van der Waals surface area (Å²) in [6.07, 6.45) is 7.03. The van der Waals surface area contributed by atoms with Crippen LogP contribution in [0.5, 0.6) is 0 Å². The first-order valence-electron chi connectivity index (χ1n) is 5.60. The second-order valence-electron chi connectivity index (χ2n) is 3.94. The van der Waals surface area contributed by atoms with E-state index in [0.29, 0.717) is 6.61 Å². The van der Waals surface area contributed by atoms with Crippen LogP contribution in [-0.4, -0.2) is 38.1 Å². The molecule has 0 fully saturated rings. The van der Waals surface area contributed by atoms with E-state index in [1.54, 1.807) is 0 Å². The van der Waals surface area contributed by atoms with Crippen LogP contribution >= 0.6 is 0 Å². The molecular formula is C12H23NO2. The van der Waals surface area contributed by atoms with E-state index in [2.05, 4.69) is 25.6 Å². The fourth-order valence-corrected chi connectivity index (χ4v) is 1.29. The Kier molecular flexibility index (Phi) is 9.18. The van der Waals surface area contributed by atoms with Crippen LogP contribution in [0.25, 0.3) is 0 Å². The van der Waals surface area contributed by atoms with Gasteiger partial charge in [-0.1, -0.05) is 25.8 Å². The van der Waals surface area contributed by atoms with Crippen molar-refractivity contribution in [3.8, 4) is 0 Å². The molecule has 0 saturated heterocycles. The molecule has 0 radical (unpaired) electrons. The molecule has 0 aromatic heterocycles. The van der Waals surface area contributed by atoms with Crippen LogP contribution in [0.2, 0.25) is 0 Å². The number of esters is 1. The average molecular weight is 213 g/mol. The summed E-state index contributed by atoms with van der Waals surface area (Å²) in [7, 11) is 4.18. The molecule has 15 heavy (non-hydrogen) atoms. The second-order valence-corrected chi connectivity index (χ2v) is 3.94. The number of unbranched alkanes of at least 4 members (excludes halogenated alkanes) is 4. The van der Waals surface area contributed by atoms with Crippen LogP contribution in [0.4, 0.5) is 0 Å². The molecule has 0 bridgehead atoms. The first kappa shape index (κ1) is 14.2. The Morgan fingerprint density at radius 1 is 1.20 bits per heavy atom. The normalized spacial score (nSPS) is 10.3. The van der Waals surface area contributed by atoms with E-state index in [-0.39, 0.29) is 5.97 Å². The molecular weight excluding hydrogens is 190 g/mol.